The van der Waals surface area contributed by atoms with Crippen LogP contribution in [0.2, 0.25) is 0 Å². The summed E-state index contributed by atoms with van der Waals surface area (Å²) in [7, 11) is 0. The summed E-state index contributed by atoms with van der Waals surface area (Å²) >= 11 is 1.29. The zero-order valence-corrected chi connectivity index (χ0v) is 34.7. The summed E-state index contributed by atoms with van der Waals surface area (Å²) < 4.78 is 9.89. The van der Waals surface area contributed by atoms with E-state index in [1.54, 1.807) is 5.56 Å². The van der Waals surface area contributed by atoms with E-state index in [1.165, 1.54) is 124 Å². The molecule has 1 aliphatic carbocycles. The smallest absolute Gasteiger partial charge is 0.115 e. The maximum atomic E-state index is 5.61. The fourth-order valence-corrected chi connectivity index (χ4v) is 10.0. The van der Waals surface area contributed by atoms with Crippen molar-refractivity contribution in [1.82, 2.24) is 18.7 Å². The Labute approximate surface area is 338 Å². The summed E-state index contributed by atoms with van der Waals surface area (Å²) in [6.07, 6.45) is 18.0. The fourth-order valence-electron chi connectivity index (χ4n) is 9.40. The van der Waals surface area contributed by atoms with Crippen molar-refractivity contribution in [3.63, 3.8) is 0 Å². The lowest BCUT2D eigenvalue weighted by Gasteiger charge is -2.33. The summed E-state index contributed by atoms with van der Waals surface area (Å²) in [6.45, 7) is 9.02. The summed E-state index contributed by atoms with van der Waals surface area (Å²) in [5.41, 5.74) is 17.9. The van der Waals surface area contributed by atoms with Gasteiger partial charge in [-0.15, -0.1) is 0 Å². The lowest BCUT2D eigenvalue weighted by molar-refractivity contribution is 0.398. The van der Waals surface area contributed by atoms with Gasteiger partial charge in [0, 0.05) is 27.7 Å². The molecule has 0 fully saturated rings. The Bertz CT molecular complexity index is 2420. The van der Waals surface area contributed by atoms with Crippen LogP contribution in [0.15, 0.2) is 97.1 Å². The molecule has 0 spiro atoms. The van der Waals surface area contributed by atoms with Gasteiger partial charge in [-0.25, -0.2) is 9.97 Å². The average molecular weight is 757 g/mol. The molecule has 0 amide bonds. The van der Waals surface area contributed by atoms with Gasteiger partial charge in [0.15, 0.2) is 0 Å². The molecule has 7 aromatic rings. The molecule has 8 rings (SSSR count). The Morgan fingerprint density at radius 2 is 1.00 bits per heavy atom. The first kappa shape index (κ1) is 38.1. The van der Waals surface area contributed by atoms with Crippen LogP contribution in [0, 0.1) is 13.8 Å². The Hall–Kier alpha value is -4.74. The number of aryl methyl sites for hydroxylation is 2. The lowest BCUT2D eigenvalue weighted by Crippen LogP contribution is -2.25. The molecule has 5 aromatic carbocycles. The molecule has 0 radical (unpaired) electrons. The lowest BCUT2D eigenvalue weighted by atomic mass is 9.70. The zero-order chi connectivity index (χ0) is 38.5. The third-order valence-corrected chi connectivity index (χ3v) is 12.9. The number of hydrogen-bond acceptors (Lipinski definition) is 5. The molecule has 2 heterocycles. The number of nitrogens with zero attached hydrogens (tertiary/aromatic N) is 4. The van der Waals surface area contributed by atoms with Gasteiger partial charge in [0.2, 0.25) is 0 Å². The molecular weight excluding hydrogens is 701 g/mol. The molecule has 1 aliphatic rings. The number of benzene rings is 5. The van der Waals surface area contributed by atoms with Gasteiger partial charge in [0.25, 0.3) is 0 Å². The normalized spacial score (nSPS) is 13.1. The Kier molecular flexibility index (Phi) is 11.7. The maximum absolute atomic E-state index is 5.61. The molecule has 4 nitrogen and oxygen atoms in total. The van der Waals surface area contributed by atoms with Gasteiger partial charge in [-0.05, 0) is 60.6 Å². The number of fused-ring (bicyclic) bond motifs is 5. The topological polar surface area (TPSA) is 51.6 Å². The molecule has 0 aliphatic heterocycles. The van der Waals surface area contributed by atoms with Crippen molar-refractivity contribution >= 4 is 33.8 Å². The average Bonchev–Trinajstić information content (AvgIpc) is 3.82. The highest BCUT2D eigenvalue weighted by Gasteiger charge is 2.42. The van der Waals surface area contributed by atoms with E-state index in [0.29, 0.717) is 0 Å². The molecule has 0 saturated carbocycles. The Morgan fingerprint density at radius 1 is 0.482 bits per heavy atom. The summed E-state index contributed by atoms with van der Waals surface area (Å²) in [5, 5.41) is 0. The van der Waals surface area contributed by atoms with E-state index in [9.17, 15) is 0 Å². The van der Waals surface area contributed by atoms with Crippen LogP contribution in [0.1, 0.15) is 126 Å². The van der Waals surface area contributed by atoms with Crippen molar-refractivity contribution in [2.24, 2.45) is 0 Å². The predicted octanol–water partition coefficient (Wildman–Crippen LogP) is 15.0. The maximum Gasteiger partial charge on any atom is 0.115 e. The molecule has 56 heavy (non-hydrogen) atoms. The van der Waals surface area contributed by atoms with Crippen LogP contribution in [0.25, 0.3) is 66.8 Å². The van der Waals surface area contributed by atoms with Crippen molar-refractivity contribution in [3.05, 3.63) is 119 Å². The van der Waals surface area contributed by atoms with Crippen LogP contribution < -0.4 is 0 Å². The van der Waals surface area contributed by atoms with Crippen LogP contribution in [-0.2, 0) is 5.41 Å². The van der Waals surface area contributed by atoms with Gasteiger partial charge >= 0.3 is 0 Å². The Morgan fingerprint density at radius 3 is 1.61 bits per heavy atom. The quantitative estimate of drug-likeness (QED) is 0.0868. The second kappa shape index (κ2) is 17.2. The summed E-state index contributed by atoms with van der Waals surface area (Å²) in [5.74, 6) is 0. The standard InChI is InChI=1S/C51H56N4S/c1-5-7-9-11-13-21-31-51(32-22-14-12-10-8-6-2)42-33-35(3)27-29-40(42)41-30-28-39(34-43(41)51)44-49-45(36(4)46-50(44)55-56-54-46)52-47(37-23-17-15-18-24-37)48(53-49)38-25-19-16-20-26-38/h15-20,23-30,33-34H,5-14,21-22,31-32H2,1-4H3. The molecular formula is C51H56N4S. The Balaban J connectivity index is 1.32. The molecule has 0 unspecified atom stereocenters. The van der Waals surface area contributed by atoms with Crippen LogP contribution in [0.3, 0.4) is 0 Å². The van der Waals surface area contributed by atoms with Crippen molar-refractivity contribution < 1.29 is 0 Å². The predicted molar refractivity (Wildman–Crippen MR) is 238 cm³/mol. The first-order valence-corrected chi connectivity index (χ1v) is 22.1. The van der Waals surface area contributed by atoms with Crippen LogP contribution >= 0.6 is 11.7 Å². The zero-order valence-electron chi connectivity index (χ0n) is 33.8. The van der Waals surface area contributed by atoms with E-state index < -0.39 is 0 Å². The van der Waals surface area contributed by atoms with Crippen molar-refractivity contribution in [2.45, 2.75) is 123 Å². The third kappa shape index (κ3) is 7.31. The van der Waals surface area contributed by atoms with E-state index in [-0.39, 0.29) is 5.41 Å². The van der Waals surface area contributed by atoms with Gasteiger partial charge in [-0.1, -0.05) is 187 Å². The molecule has 5 heteroatoms. The minimum absolute atomic E-state index is 0.0243. The second-order valence-corrected chi connectivity index (χ2v) is 16.8. The molecule has 0 saturated heterocycles. The highest BCUT2D eigenvalue weighted by molar-refractivity contribution is 7.00. The summed E-state index contributed by atoms with van der Waals surface area (Å²) in [6, 6.07) is 35.5. The van der Waals surface area contributed by atoms with Gasteiger partial charge in [0.1, 0.15) is 11.0 Å². The molecule has 286 valence electrons. The number of unbranched alkanes of at least 4 members (excludes halogenated alkanes) is 10. The minimum atomic E-state index is -0.0243. The third-order valence-electron chi connectivity index (χ3n) is 12.4. The highest BCUT2D eigenvalue weighted by atomic mass is 32.1. The monoisotopic (exact) mass is 756 g/mol. The van der Waals surface area contributed by atoms with Crippen molar-refractivity contribution in [1.29, 1.82) is 0 Å². The van der Waals surface area contributed by atoms with E-state index in [4.69, 9.17) is 18.7 Å². The van der Waals surface area contributed by atoms with Crippen molar-refractivity contribution in [3.8, 4) is 44.8 Å². The van der Waals surface area contributed by atoms with E-state index in [2.05, 4.69) is 125 Å². The number of rotatable bonds is 17. The molecule has 0 bridgehead atoms. The molecule has 2 aromatic heterocycles. The largest absolute Gasteiger partial charge is 0.243 e. The van der Waals surface area contributed by atoms with Gasteiger partial charge < -0.3 is 0 Å². The SMILES string of the molecule is CCCCCCCCC1(CCCCCCCC)c2cc(C)ccc2-c2ccc(-c3c4nsnc4c(C)c4nc(-c5ccccc5)c(-c5ccccc5)nc34)cc21. The van der Waals surface area contributed by atoms with Crippen molar-refractivity contribution in [2.75, 3.05) is 0 Å². The van der Waals surface area contributed by atoms with E-state index >= 15 is 0 Å². The van der Waals surface area contributed by atoms with E-state index in [1.807, 2.05) is 0 Å². The second-order valence-electron chi connectivity index (χ2n) is 16.2. The minimum Gasteiger partial charge on any atom is -0.243 e. The highest BCUT2D eigenvalue weighted by Crippen LogP contribution is 2.56. The number of aromatic nitrogens is 4. The van der Waals surface area contributed by atoms with Gasteiger partial charge in [0.05, 0.1) is 34.1 Å². The van der Waals surface area contributed by atoms with Crippen LogP contribution in [0.4, 0.5) is 0 Å². The van der Waals surface area contributed by atoms with Crippen LogP contribution in [0.5, 0.6) is 0 Å². The molecule has 0 N–H and O–H groups in total. The number of hydrogen-bond donors (Lipinski definition) is 0. The first-order valence-electron chi connectivity index (χ1n) is 21.4. The summed E-state index contributed by atoms with van der Waals surface area (Å²) in [4.78, 5) is 11.1. The molecule has 0 atom stereocenters. The van der Waals surface area contributed by atoms with Gasteiger partial charge in [-0.2, -0.15) is 8.75 Å². The first-order chi connectivity index (χ1) is 27.5. The van der Waals surface area contributed by atoms with E-state index in [0.717, 1.165) is 61.3 Å². The van der Waals surface area contributed by atoms with Crippen LogP contribution in [-0.4, -0.2) is 18.7 Å². The fraction of sp³-hybridized carbons (Fsp3) is 0.373. The van der Waals surface area contributed by atoms with Gasteiger partial charge in [-0.3, -0.25) is 0 Å².